The van der Waals surface area contributed by atoms with E-state index in [0.29, 0.717) is 6.54 Å². The lowest BCUT2D eigenvalue weighted by Gasteiger charge is -2.23. The van der Waals surface area contributed by atoms with Crippen LogP contribution in [0.25, 0.3) is 0 Å². The molecule has 4 rings (SSSR count). The molecule has 1 atom stereocenters. The van der Waals surface area contributed by atoms with Crippen LogP contribution in [0.2, 0.25) is 0 Å². The van der Waals surface area contributed by atoms with Crippen molar-refractivity contribution in [1.29, 1.82) is 0 Å². The highest BCUT2D eigenvalue weighted by atomic mass is 16.5. The first-order chi connectivity index (χ1) is 15.2. The fraction of sp³-hybridized carbons (Fsp3) is 0.375. The second-order valence-corrected chi connectivity index (χ2v) is 7.77. The Morgan fingerprint density at radius 1 is 1.16 bits per heavy atom. The molecule has 7 nitrogen and oxygen atoms in total. The predicted molar refractivity (Wildman–Crippen MR) is 121 cm³/mol. The van der Waals surface area contributed by atoms with E-state index in [0.717, 1.165) is 61.3 Å². The molecule has 0 aliphatic carbocycles. The third-order valence-electron chi connectivity index (χ3n) is 5.77. The minimum atomic E-state index is -0.492. The third kappa shape index (κ3) is 4.84. The van der Waals surface area contributed by atoms with Crippen LogP contribution in [0.5, 0.6) is 5.75 Å². The SMILES string of the molecule is COc1ccc(C2=NN(c3ccccc3)C(=O)C2C(C)=NCC[NH+]2CCOCC2)cc1. The number of hydrogen-bond acceptors (Lipinski definition) is 5. The van der Waals surface area contributed by atoms with Crippen molar-refractivity contribution in [3.63, 3.8) is 0 Å². The first-order valence-electron chi connectivity index (χ1n) is 10.7. The topological polar surface area (TPSA) is 67.9 Å². The summed E-state index contributed by atoms with van der Waals surface area (Å²) < 4.78 is 10.7. The van der Waals surface area contributed by atoms with Gasteiger partial charge in [-0.15, -0.1) is 0 Å². The van der Waals surface area contributed by atoms with Crippen LogP contribution in [0.4, 0.5) is 5.69 Å². The van der Waals surface area contributed by atoms with Gasteiger partial charge in [0.05, 0.1) is 44.8 Å². The molecule has 0 spiro atoms. The van der Waals surface area contributed by atoms with Gasteiger partial charge in [-0.05, 0) is 48.9 Å². The van der Waals surface area contributed by atoms with Crippen molar-refractivity contribution in [2.24, 2.45) is 16.0 Å². The highest BCUT2D eigenvalue weighted by molar-refractivity contribution is 6.32. The summed E-state index contributed by atoms with van der Waals surface area (Å²) in [4.78, 5) is 19.7. The first kappa shape index (κ1) is 21.2. The maximum absolute atomic E-state index is 13.4. The Hall–Kier alpha value is -3.03. The van der Waals surface area contributed by atoms with Crippen LogP contribution in [0.1, 0.15) is 12.5 Å². The summed E-state index contributed by atoms with van der Waals surface area (Å²) in [7, 11) is 1.64. The van der Waals surface area contributed by atoms with Gasteiger partial charge in [0.15, 0.2) is 0 Å². The summed E-state index contributed by atoms with van der Waals surface area (Å²) >= 11 is 0. The number of rotatable bonds is 7. The number of nitrogens with one attached hydrogen (secondary N) is 1. The number of anilines is 1. The molecule has 2 aliphatic rings. The molecule has 2 heterocycles. The smallest absolute Gasteiger partial charge is 0.262 e. The predicted octanol–water partition coefficient (Wildman–Crippen LogP) is 1.44. The van der Waals surface area contributed by atoms with Crippen LogP contribution in [0, 0.1) is 5.92 Å². The van der Waals surface area contributed by atoms with Gasteiger partial charge in [-0.1, -0.05) is 18.2 Å². The van der Waals surface area contributed by atoms with Crippen molar-refractivity contribution < 1.29 is 19.2 Å². The normalized spacial score (nSPS) is 20.1. The van der Waals surface area contributed by atoms with E-state index in [-0.39, 0.29) is 5.91 Å². The highest BCUT2D eigenvalue weighted by Gasteiger charge is 2.39. The van der Waals surface area contributed by atoms with Gasteiger partial charge in [0, 0.05) is 5.71 Å². The zero-order valence-electron chi connectivity index (χ0n) is 18.1. The van der Waals surface area contributed by atoms with Crippen molar-refractivity contribution in [1.82, 2.24) is 0 Å². The Balaban J connectivity index is 1.58. The maximum atomic E-state index is 13.4. The Bertz CT molecular complexity index is 951. The monoisotopic (exact) mass is 421 g/mol. The minimum Gasteiger partial charge on any atom is -0.497 e. The average Bonchev–Trinajstić information content (AvgIpc) is 3.17. The minimum absolute atomic E-state index is 0.0722. The van der Waals surface area contributed by atoms with Gasteiger partial charge in [0.25, 0.3) is 5.91 Å². The lowest BCUT2D eigenvalue weighted by Crippen LogP contribution is -3.14. The molecule has 1 fully saturated rings. The largest absolute Gasteiger partial charge is 0.497 e. The standard InChI is InChI=1S/C24H28N4O3/c1-18(25-12-13-27-14-16-31-17-15-27)22-23(19-8-10-21(30-2)11-9-19)26-28(24(22)29)20-6-4-3-5-7-20/h3-11,22H,12-17H2,1-2H3/p+1. The Kier molecular flexibility index (Phi) is 6.74. The van der Waals surface area contributed by atoms with Crippen LogP contribution in [-0.4, -0.2) is 63.8 Å². The molecular formula is C24H29N4O3+. The van der Waals surface area contributed by atoms with Crippen LogP contribution in [0.3, 0.4) is 0 Å². The van der Waals surface area contributed by atoms with Gasteiger partial charge in [-0.3, -0.25) is 9.79 Å². The number of carbonyl (C=O) groups is 1. The van der Waals surface area contributed by atoms with Gasteiger partial charge >= 0.3 is 0 Å². The Labute approximate surface area is 183 Å². The van der Waals surface area contributed by atoms with Gasteiger partial charge in [0.1, 0.15) is 24.8 Å². The number of benzene rings is 2. The number of carbonyl (C=O) groups excluding carboxylic acids is 1. The molecule has 1 unspecified atom stereocenters. The number of nitrogens with zero attached hydrogens (tertiary/aromatic N) is 3. The Morgan fingerprint density at radius 2 is 1.87 bits per heavy atom. The third-order valence-corrected chi connectivity index (χ3v) is 5.77. The van der Waals surface area contributed by atoms with Gasteiger partial charge < -0.3 is 14.4 Å². The molecule has 162 valence electrons. The molecule has 2 aromatic carbocycles. The molecule has 2 aromatic rings. The number of hydrogen-bond donors (Lipinski definition) is 1. The lowest BCUT2D eigenvalue weighted by molar-refractivity contribution is -0.906. The number of methoxy groups -OCH3 is 1. The molecule has 31 heavy (non-hydrogen) atoms. The summed E-state index contributed by atoms with van der Waals surface area (Å²) in [5.41, 5.74) is 3.17. The molecule has 0 bridgehead atoms. The summed E-state index contributed by atoms with van der Waals surface area (Å²) in [6, 6.07) is 17.2. The molecule has 0 radical (unpaired) electrons. The lowest BCUT2D eigenvalue weighted by atomic mass is 9.93. The van der Waals surface area contributed by atoms with Gasteiger partial charge in [-0.2, -0.15) is 10.1 Å². The van der Waals surface area contributed by atoms with Crippen LogP contribution in [-0.2, 0) is 9.53 Å². The second-order valence-electron chi connectivity index (χ2n) is 7.77. The zero-order chi connectivity index (χ0) is 21.6. The number of ether oxygens (including phenoxy) is 2. The molecule has 0 saturated carbocycles. The number of quaternary nitrogens is 1. The summed E-state index contributed by atoms with van der Waals surface area (Å²) in [6.45, 7) is 7.20. The van der Waals surface area contributed by atoms with E-state index in [4.69, 9.17) is 19.6 Å². The van der Waals surface area contributed by atoms with E-state index in [1.807, 2.05) is 61.5 Å². The van der Waals surface area contributed by atoms with Gasteiger partial charge in [-0.25, -0.2) is 0 Å². The van der Waals surface area contributed by atoms with Crippen molar-refractivity contribution in [2.75, 3.05) is 51.5 Å². The first-order valence-corrected chi connectivity index (χ1v) is 10.7. The van der Waals surface area contributed by atoms with E-state index in [2.05, 4.69) is 0 Å². The Morgan fingerprint density at radius 3 is 2.55 bits per heavy atom. The fourth-order valence-corrected chi connectivity index (χ4v) is 3.96. The van der Waals surface area contributed by atoms with Crippen LogP contribution >= 0.6 is 0 Å². The molecule has 0 aromatic heterocycles. The number of hydrazone groups is 1. The van der Waals surface area contributed by atoms with Crippen molar-refractivity contribution in [2.45, 2.75) is 6.92 Å². The van der Waals surface area contributed by atoms with Crippen LogP contribution in [0.15, 0.2) is 64.7 Å². The molecule has 1 amide bonds. The number of para-hydroxylation sites is 1. The summed E-state index contributed by atoms with van der Waals surface area (Å²) in [5.74, 6) is 0.203. The molecule has 7 heteroatoms. The van der Waals surface area contributed by atoms with E-state index in [9.17, 15) is 4.79 Å². The number of morpholine rings is 1. The van der Waals surface area contributed by atoms with Crippen molar-refractivity contribution in [3.05, 3.63) is 60.2 Å². The molecule has 1 saturated heterocycles. The number of amides is 1. The fourth-order valence-electron chi connectivity index (χ4n) is 3.96. The zero-order valence-corrected chi connectivity index (χ0v) is 18.1. The van der Waals surface area contributed by atoms with E-state index in [1.165, 1.54) is 9.91 Å². The summed E-state index contributed by atoms with van der Waals surface area (Å²) in [6.07, 6.45) is 0. The van der Waals surface area contributed by atoms with Gasteiger partial charge in [0.2, 0.25) is 0 Å². The van der Waals surface area contributed by atoms with Crippen LogP contribution < -0.4 is 14.6 Å². The van der Waals surface area contributed by atoms with E-state index >= 15 is 0 Å². The van der Waals surface area contributed by atoms with E-state index < -0.39 is 5.92 Å². The highest BCUT2D eigenvalue weighted by Crippen LogP contribution is 2.28. The van der Waals surface area contributed by atoms with Crippen molar-refractivity contribution >= 4 is 23.0 Å². The average molecular weight is 422 g/mol. The molecule has 1 N–H and O–H groups in total. The molecular weight excluding hydrogens is 392 g/mol. The molecule has 2 aliphatic heterocycles. The van der Waals surface area contributed by atoms with Crippen molar-refractivity contribution in [3.8, 4) is 5.75 Å². The quantitative estimate of drug-likeness (QED) is 0.688. The second kappa shape index (κ2) is 9.85. The maximum Gasteiger partial charge on any atom is 0.262 e. The number of aliphatic imine (C=N–C) groups is 1. The summed E-state index contributed by atoms with van der Waals surface area (Å²) in [5, 5.41) is 6.22. The van der Waals surface area contributed by atoms with E-state index in [1.54, 1.807) is 7.11 Å².